The fourth-order valence-electron chi connectivity index (χ4n) is 8.54. The number of aliphatic hydroxyl groups is 5. The molecule has 2 aromatic rings. The molecular weight excluding hydrogens is 628 g/mol. The summed E-state index contributed by atoms with van der Waals surface area (Å²) in [5, 5.41) is 61.2. The number of hydrogen-bond donors (Lipinski definition) is 5. The van der Waals surface area contributed by atoms with Gasteiger partial charge in [0, 0.05) is 30.1 Å². The van der Waals surface area contributed by atoms with Crippen LogP contribution < -0.4 is 0 Å². The SMILES string of the molecule is CC1=C2C(O)C(=O)[C@]3(C)C(O)CC4OCC4(O)C3C(OC(=O)c3cccs3)C(O)(CC1OC(=O)C(O)[C@@H](C)c1ccccc1)C2(C)C. The fraction of sp³-hybridized carbons (Fsp3) is 0.571. The lowest BCUT2D eigenvalue weighted by atomic mass is 9.45. The average Bonchev–Trinajstić information content (AvgIpc) is 3.58. The van der Waals surface area contributed by atoms with E-state index in [1.165, 1.54) is 13.0 Å². The van der Waals surface area contributed by atoms with Gasteiger partial charge in [0.2, 0.25) is 0 Å². The predicted octanol–water partition coefficient (Wildman–Crippen LogP) is 2.29. The lowest BCUT2D eigenvalue weighted by Gasteiger charge is -2.66. The molecule has 2 saturated carbocycles. The minimum atomic E-state index is -2.18. The molecule has 5 N–H and O–H groups in total. The van der Waals surface area contributed by atoms with Crippen LogP contribution in [0.25, 0.3) is 0 Å². The number of ether oxygens (including phenoxy) is 3. The van der Waals surface area contributed by atoms with Crippen LogP contribution in [0.1, 0.15) is 68.6 Å². The number of thiophene rings is 1. The van der Waals surface area contributed by atoms with Crippen LogP contribution in [0.3, 0.4) is 0 Å². The van der Waals surface area contributed by atoms with Crippen LogP contribution in [0.5, 0.6) is 0 Å². The Hall–Kier alpha value is -2.97. The highest BCUT2D eigenvalue weighted by molar-refractivity contribution is 7.11. The van der Waals surface area contributed by atoms with Gasteiger partial charge in [-0.2, -0.15) is 0 Å². The molecule has 1 aromatic heterocycles. The van der Waals surface area contributed by atoms with Gasteiger partial charge in [0.15, 0.2) is 11.9 Å². The van der Waals surface area contributed by atoms with Crippen molar-refractivity contribution in [3.8, 4) is 0 Å². The van der Waals surface area contributed by atoms with Gasteiger partial charge in [0.1, 0.15) is 34.4 Å². The number of hydrogen-bond acceptors (Lipinski definition) is 12. The maximum atomic E-state index is 14.5. The summed E-state index contributed by atoms with van der Waals surface area (Å²) < 4.78 is 17.7. The number of aliphatic hydroxyl groups excluding tert-OH is 3. The summed E-state index contributed by atoms with van der Waals surface area (Å²) in [5.74, 6) is -4.72. The highest BCUT2D eigenvalue weighted by Crippen LogP contribution is 2.63. The number of ketones is 1. The minimum Gasteiger partial charge on any atom is -0.456 e. The van der Waals surface area contributed by atoms with E-state index in [9.17, 15) is 39.9 Å². The van der Waals surface area contributed by atoms with Gasteiger partial charge in [-0.15, -0.1) is 11.3 Å². The first-order chi connectivity index (χ1) is 22.0. The first-order valence-corrected chi connectivity index (χ1v) is 16.7. The van der Waals surface area contributed by atoms with E-state index in [0.29, 0.717) is 5.56 Å². The molecule has 9 unspecified atom stereocenters. The van der Waals surface area contributed by atoms with E-state index < -0.39 is 88.2 Å². The molecule has 254 valence electrons. The van der Waals surface area contributed by atoms with Crippen molar-refractivity contribution in [1.29, 1.82) is 0 Å². The molecule has 0 spiro atoms. The van der Waals surface area contributed by atoms with Gasteiger partial charge < -0.3 is 39.7 Å². The summed E-state index contributed by atoms with van der Waals surface area (Å²) in [7, 11) is 0. The van der Waals surface area contributed by atoms with Crippen LogP contribution >= 0.6 is 11.3 Å². The molecule has 1 aliphatic heterocycles. The largest absolute Gasteiger partial charge is 0.456 e. The number of benzene rings is 1. The molecule has 1 aromatic carbocycles. The lowest BCUT2D eigenvalue weighted by molar-refractivity contribution is -0.343. The third-order valence-electron chi connectivity index (χ3n) is 11.6. The van der Waals surface area contributed by atoms with Crippen LogP contribution in [0.4, 0.5) is 0 Å². The third-order valence-corrected chi connectivity index (χ3v) is 12.5. The predicted molar refractivity (Wildman–Crippen MR) is 168 cm³/mol. The Morgan fingerprint density at radius 1 is 1.04 bits per heavy atom. The van der Waals surface area contributed by atoms with E-state index in [0.717, 1.165) is 11.3 Å². The maximum absolute atomic E-state index is 14.5. The van der Waals surface area contributed by atoms with Crippen LogP contribution in [0.15, 0.2) is 59.0 Å². The smallest absolute Gasteiger partial charge is 0.348 e. The second kappa shape index (κ2) is 11.6. The number of carbonyl (C=O) groups is 3. The van der Waals surface area contributed by atoms with Crippen LogP contribution in [-0.4, -0.2) is 97.7 Å². The Labute approximate surface area is 276 Å². The molecule has 11 atom stereocenters. The van der Waals surface area contributed by atoms with Crippen molar-refractivity contribution in [2.24, 2.45) is 16.7 Å². The number of rotatable bonds is 6. The minimum absolute atomic E-state index is 0.0441. The van der Waals surface area contributed by atoms with Crippen LogP contribution in [0.2, 0.25) is 0 Å². The van der Waals surface area contributed by atoms with Gasteiger partial charge in [-0.25, -0.2) is 9.59 Å². The molecule has 0 amide bonds. The number of carbonyl (C=O) groups excluding carboxylic acids is 3. The molecule has 0 radical (unpaired) electrons. The van der Waals surface area contributed by atoms with Crippen molar-refractivity contribution in [3.63, 3.8) is 0 Å². The third kappa shape index (κ3) is 4.86. The first kappa shape index (κ1) is 33.9. The van der Waals surface area contributed by atoms with Gasteiger partial charge in [-0.3, -0.25) is 4.79 Å². The van der Waals surface area contributed by atoms with E-state index in [1.807, 2.05) is 6.07 Å². The van der Waals surface area contributed by atoms with Crippen molar-refractivity contribution in [2.75, 3.05) is 6.61 Å². The van der Waals surface area contributed by atoms with Gasteiger partial charge in [-0.1, -0.05) is 57.2 Å². The Bertz CT molecular complexity index is 1590. The lowest BCUT2D eigenvalue weighted by Crippen LogP contribution is -2.81. The van der Waals surface area contributed by atoms with E-state index in [4.69, 9.17) is 14.2 Å². The molecular formula is C35H42O11S. The summed E-state index contributed by atoms with van der Waals surface area (Å²) in [6, 6.07) is 12.1. The van der Waals surface area contributed by atoms with E-state index in [1.54, 1.807) is 63.4 Å². The topological polar surface area (TPSA) is 180 Å². The molecule has 2 heterocycles. The Morgan fingerprint density at radius 3 is 2.32 bits per heavy atom. The highest BCUT2D eigenvalue weighted by atomic mass is 32.1. The van der Waals surface area contributed by atoms with Crippen molar-refractivity contribution >= 4 is 29.1 Å². The molecule has 47 heavy (non-hydrogen) atoms. The Kier molecular flexibility index (Phi) is 8.35. The Morgan fingerprint density at radius 2 is 1.72 bits per heavy atom. The van der Waals surface area contributed by atoms with Crippen molar-refractivity contribution < 1.29 is 54.1 Å². The maximum Gasteiger partial charge on any atom is 0.348 e. The zero-order chi connectivity index (χ0) is 34.3. The average molecular weight is 671 g/mol. The quantitative estimate of drug-likeness (QED) is 0.225. The summed E-state index contributed by atoms with van der Waals surface area (Å²) in [4.78, 5) is 41.8. The monoisotopic (exact) mass is 670 g/mol. The standard InChI is InChI=1S/C35H42O11S/c1-17(19-10-7-6-8-11-19)25(37)31(41)45-20-15-35(43)29(46-30(40)21-12-9-13-47-21)27-33(5,22(36)14-23-34(27,42)16-44-23)28(39)26(38)24(18(20)2)32(35,3)4/h6-13,17,20,22-23,25-27,29,36-38,42-43H,14-16H2,1-5H3/t17-,20?,22?,23?,25?,26?,27?,29?,33+,34?,35?/m0/s1. The summed E-state index contributed by atoms with van der Waals surface area (Å²) in [6.45, 7) is 7.59. The number of Topliss-reactive ketones (excluding diaryl/α,β-unsaturated/α-hetero) is 1. The van der Waals surface area contributed by atoms with Gasteiger partial charge in [0.25, 0.3) is 0 Å². The molecule has 4 aliphatic rings. The molecule has 1 saturated heterocycles. The van der Waals surface area contributed by atoms with E-state index in [2.05, 4.69) is 0 Å². The van der Waals surface area contributed by atoms with Gasteiger partial charge in [0.05, 0.1) is 24.2 Å². The van der Waals surface area contributed by atoms with Gasteiger partial charge in [-0.05, 0) is 42.0 Å². The van der Waals surface area contributed by atoms with Crippen molar-refractivity contribution in [1.82, 2.24) is 0 Å². The summed E-state index contributed by atoms with van der Waals surface area (Å²) in [5.41, 5.74) is -6.37. The van der Waals surface area contributed by atoms with E-state index in [-0.39, 0.29) is 35.5 Å². The van der Waals surface area contributed by atoms with Crippen LogP contribution in [0, 0.1) is 16.7 Å². The fourth-order valence-corrected chi connectivity index (χ4v) is 9.15. The number of esters is 2. The van der Waals surface area contributed by atoms with Crippen molar-refractivity contribution in [3.05, 3.63) is 69.4 Å². The molecule has 2 bridgehead atoms. The second-order valence-corrected chi connectivity index (χ2v) is 15.2. The zero-order valence-corrected chi connectivity index (χ0v) is 27.8. The summed E-state index contributed by atoms with van der Waals surface area (Å²) >= 11 is 1.10. The Balaban J connectivity index is 1.49. The molecule has 12 heteroatoms. The normalized spacial score (nSPS) is 38.9. The van der Waals surface area contributed by atoms with Crippen LogP contribution in [-0.2, 0) is 23.8 Å². The zero-order valence-electron chi connectivity index (χ0n) is 27.0. The van der Waals surface area contributed by atoms with Gasteiger partial charge >= 0.3 is 11.9 Å². The highest BCUT2D eigenvalue weighted by Gasteiger charge is 2.76. The first-order valence-electron chi connectivity index (χ1n) is 15.9. The van der Waals surface area contributed by atoms with E-state index >= 15 is 0 Å². The van der Waals surface area contributed by atoms with Crippen molar-refractivity contribution in [2.45, 2.75) is 101 Å². The molecule has 6 rings (SSSR count). The molecule has 3 fully saturated rings. The molecule has 11 nitrogen and oxygen atoms in total. The molecule has 3 aliphatic carbocycles. The summed E-state index contributed by atoms with van der Waals surface area (Å²) in [6.07, 6.45) is -9.25. The second-order valence-electron chi connectivity index (χ2n) is 14.3. The number of fused-ring (bicyclic) bond motifs is 5.